The van der Waals surface area contributed by atoms with Gasteiger partial charge in [0.25, 0.3) is 0 Å². The van der Waals surface area contributed by atoms with Crippen LogP contribution in [0.2, 0.25) is 0 Å². The Labute approximate surface area is 145 Å². The van der Waals surface area contributed by atoms with Gasteiger partial charge in [0.1, 0.15) is 0 Å². The molecule has 0 saturated carbocycles. The van der Waals surface area contributed by atoms with Crippen molar-refractivity contribution >= 4 is 17.3 Å². The van der Waals surface area contributed by atoms with E-state index >= 15 is 0 Å². The van der Waals surface area contributed by atoms with E-state index in [1.807, 2.05) is 7.05 Å². The summed E-state index contributed by atoms with van der Waals surface area (Å²) >= 11 is 0. The second-order valence-corrected chi connectivity index (χ2v) is 6.20. The minimum absolute atomic E-state index is 0.00556. The molecule has 1 heterocycles. The molecule has 1 aromatic rings. The third-order valence-electron chi connectivity index (χ3n) is 4.21. The summed E-state index contributed by atoms with van der Waals surface area (Å²) in [6.45, 7) is 4.82. The maximum absolute atomic E-state index is 13.0. The van der Waals surface area contributed by atoms with Crippen molar-refractivity contribution in [2.45, 2.75) is 19.1 Å². The Bertz CT molecular complexity index is 587. The lowest BCUT2D eigenvalue weighted by Gasteiger charge is -2.35. The summed E-state index contributed by atoms with van der Waals surface area (Å²) in [4.78, 5) is 16.9. The van der Waals surface area contributed by atoms with Gasteiger partial charge < -0.3 is 14.5 Å². The van der Waals surface area contributed by atoms with Crippen molar-refractivity contribution in [2.24, 2.45) is 0 Å². The van der Waals surface area contributed by atoms with Crippen LogP contribution >= 0.6 is 0 Å². The molecule has 1 saturated heterocycles. The first-order valence-corrected chi connectivity index (χ1v) is 8.08. The van der Waals surface area contributed by atoms with Gasteiger partial charge in [-0.2, -0.15) is 13.2 Å². The monoisotopic (exact) mass is 358 g/mol. The molecule has 5 nitrogen and oxygen atoms in total. The van der Waals surface area contributed by atoms with Gasteiger partial charge in [-0.1, -0.05) is 6.07 Å². The second-order valence-electron chi connectivity index (χ2n) is 6.20. The molecule has 2 rings (SSSR count). The van der Waals surface area contributed by atoms with Crippen molar-refractivity contribution in [3.8, 4) is 0 Å². The van der Waals surface area contributed by atoms with Gasteiger partial charge in [-0.3, -0.25) is 9.69 Å². The highest BCUT2D eigenvalue weighted by molar-refractivity contribution is 5.98. The molecule has 0 unspecified atom stereocenters. The summed E-state index contributed by atoms with van der Waals surface area (Å²) in [5.74, 6) is -1.91. The molecule has 1 fully saturated rings. The van der Waals surface area contributed by atoms with Crippen molar-refractivity contribution < 1.29 is 22.7 Å². The largest absolute Gasteiger partial charge is 0.471 e. The predicted octanol–water partition coefficient (Wildman–Crippen LogP) is 2.17. The number of carbonyl (C=O) groups excluding carboxylic acids is 1. The van der Waals surface area contributed by atoms with E-state index in [1.165, 1.54) is 14.0 Å². The van der Waals surface area contributed by atoms with E-state index in [-0.39, 0.29) is 12.3 Å². The van der Waals surface area contributed by atoms with E-state index < -0.39 is 18.1 Å². The maximum atomic E-state index is 13.0. The molecule has 1 amide bonds. The number of rotatable bonds is 5. The van der Waals surface area contributed by atoms with Gasteiger partial charge in [0.05, 0.1) is 18.3 Å². The van der Waals surface area contributed by atoms with Gasteiger partial charge in [0.15, 0.2) is 0 Å². The Morgan fingerprint density at radius 1 is 1.36 bits per heavy atom. The van der Waals surface area contributed by atoms with E-state index in [0.717, 1.165) is 31.9 Å². The number of benzene rings is 1. The van der Waals surface area contributed by atoms with Crippen molar-refractivity contribution in [1.82, 2.24) is 4.90 Å². The second kappa shape index (κ2) is 8.05. The Morgan fingerprint density at radius 2 is 2.00 bits per heavy atom. The first-order valence-electron chi connectivity index (χ1n) is 8.08. The van der Waals surface area contributed by atoms with E-state index in [1.54, 1.807) is 18.2 Å². The summed E-state index contributed by atoms with van der Waals surface area (Å²) in [5, 5.41) is 0. The zero-order valence-electron chi connectivity index (χ0n) is 14.6. The van der Waals surface area contributed by atoms with Gasteiger partial charge >= 0.3 is 12.1 Å². The predicted molar refractivity (Wildman–Crippen MR) is 89.9 cm³/mol. The fourth-order valence-electron chi connectivity index (χ4n) is 2.84. The van der Waals surface area contributed by atoms with Gasteiger partial charge in [-0.05, 0) is 26.1 Å². The van der Waals surface area contributed by atoms with E-state index in [4.69, 9.17) is 4.74 Å². The molecule has 25 heavy (non-hydrogen) atoms. The number of alkyl halides is 3. The number of hydrogen-bond donors (Lipinski definition) is 0. The zero-order valence-corrected chi connectivity index (χ0v) is 14.6. The topological polar surface area (TPSA) is 36.0 Å². The summed E-state index contributed by atoms with van der Waals surface area (Å²) in [6, 6.07) is 6.93. The number of nitrogens with zero attached hydrogens (tertiary/aromatic N) is 3. The Morgan fingerprint density at radius 3 is 2.56 bits per heavy atom. The first kappa shape index (κ1) is 19.5. The number of piperazine rings is 1. The smallest absolute Gasteiger partial charge is 0.383 e. The van der Waals surface area contributed by atoms with E-state index in [9.17, 15) is 18.0 Å². The van der Waals surface area contributed by atoms with Crippen LogP contribution in [0.25, 0.3) is 0 Å². The molecule has 1 aliphatic rings. The van der Waals surface area contributed by atoms with Gasteiger partial charge in [0, 0.05) is 45.0 Å². The van der Waals surface area contributed by atoms with Crippen LogP contribution < -0.4 is 9.80 Å². The van der Waals surface area contributed by atoms with Crippen molar-refractivity contribution in [3.63, 3.8) is 0 Å². The number of amides is 1. The van der Waals surface area contributed by atoms with Crippen LogP contribution in [-0.2, 0) is 9.53 Å². The number of methoxy groups -OCH3 is 1. The number of hydrogen-bond acceptors (Lipinski definition) is 4. The molecule has 1 aliphatic heterocycles. The number of anilines is 2. The third-order valence-corrected chi connectivity index (χ3v) is 4.21. The molecule has 1 atom stereocenters. The standard InChI is InChI=1S/C17H23F3N3O2/c1-13(12-25-3)23(16(24)17(18,19)20)15-6-4-5-14(11-15)22-9-7-21(2)8-10-22/h4-5,11,13H,7-10,12H2,1-3H3/t13-/m1/s1. The number of carbonyl (C=O) groups is 1. The average molecular weight is 358 g/mol. The maximum Gasteiger partial charge on any atom is 0.471 e. The number of ether oxygens (including phenoxy) is 1. The van der Waals surface area contributed by atoms with Crippen LogP contribution in [-0.4, -0.2) is 70.0 Å². The van der Waals surface area contributed by atoms with Crippen LogP contribution in [0.3, 0.4) is 0 Å². The molecular weight excluding hydrogens is 335 g/mol. The fourth-order valence-corrected chi connectivity index (χ4v) is 2.84. The molecule has 1 aromatic carbocycles. The third kappa shape index (κ3) is 4.85. The number of halogens is 3. The first-order chi connectivity index (χ1) is 11.7. The quantitative estimate of drug-likeness (QED) is 0.808. The molecule has 139 valence electrons. The SMILES string of the molecule is COC[C@@H](C)N(C(=O)C(F)(F)F)c1[c]ccc(N2CCN(C)CC2)c1. The summed E-state index contributed by atoms with van der Waals surface area (Å²) in [7, 11) is 3.41. The summed E-state index contributed by atoms with van der Waals surface area (Å²) in [6.07, 6.45) is -4.96. The van der Waals surface area contributed by atoms with Gasteiger partial charge in [-0.15, -0.1) is 0 Å². The highest BCUT2D eigenvalue weighted by Crippen LogP contribution is 2.29. The van der Waals surface area contributed by atoms with Crippen molar-refractivity contribution in [1.29, 1.82) is 0 Å². The van der Waals surface area contributed by atoms with E-state index in [0.29, 0.717) is 4.90 Å². The summed E-state index contributed by atoms with van der Waals surface area (Å²) < 4.78 is 44.0. The lowest BCUT2D eigenvalue weighted by atomic mass is 10.1. The van der Waals surface area contributed by atoms with Crippen LogP contribution in [0.15, 0.2) is 18.2 Å². The summed E-state index contributed by atoms with van der Waals surface area (Å²) in [5.41, 5.74) is 0.884. The van der Waals surface area contributed by atoms with Gasteiger partial charge in [-0.25, -0.2) is 0 Å². The lowest BCUT2D eigenvalue weighted by Crippen LogP contribution is -2.48. The van der Waals surface area contributed by atoms with Crippen LogP contribution in [0.4, 0.5) is 24.5 Å². The van der Waals surface area contributed by atoms with Crippen LogP contribution in [0.5, 0.6) is 0 Å². The van der Waals surface area contributed by atoms with E-state index in [2.05, 4.69) is 15.9 Å². The molecule has 0 bridgehead atoms. The minimum atomic E-state index is -4.96. The molecule has 0 aromatic heterocycles. The highest BCUT2D eigenvalue weighted by atomic mass is 19.4. The zero-order chi connectivity index (χ0) is 18.6. The molecular formula is C17H23F3N3O2. The molecule has 0 spiro atoms. The average Bonchev–Trinajstić information content (AvgIpc) is 2.55. The molecule has 1 radical (unpaired) electrons. The van der Waals surface area contributed by atoms with Crippen molar-refractivity contribution in [3.05, 3.63) is 24.3 Å². The Hall–Kier alpha value is -1.80. The molecule has 0 aliphatic carbocycles. The molecule has 0 N–H and O–H groups in total. The Balaban J connectivity index is 2.31. The lowest BCUT2D eigenvalue weighted by molar-refractivity contribution is -0.171. The Kier molecular flexibility index (Phi) is 6.29. The van der Waals surface area contributed by atoms with Gasteiger partial charge in [0.2, 0.25) is 0 Å². The molecule has 8 heteroatoms. The minimum Gasteiger partial charge on any atom is -0.383 e. The van der Waals surface area contributed by atoms with Crippen LogP contribution in [0, 0.1) is 6.07 Å². The highest BCUT2D eigenvalue weighted by Gasteiger charge is 2.44. The fraction of sp³-hybridized carbons (Fsp3) is 0.588. The van der Waals surface area contributed by atoms with Crippen LogP contribution in [0.1, 0.15) is 6.92 Å². The normalized spacial score (nSPS) is 17.4. The number of likely N-dealkylation sites (N-methyl/N-ethyl adjacent to an activating group) is 1. The van der Waals surface area contributed by atoms with Crippen molar-refractivity contribution in [2.75, 3.05) is 56.7 Å².